The van der Waals surface area contributed by atoms with Crippen molar-refractivity contribution >= 4 is 0 Å². The van der Waals surface area contributed by atoms with Gasteiger partial charge >= 0.3 is 0 Å². The quantitative estimate of drug-likeness (QED) is 0.405. The van der Waals surface area contributed by atoms with Crippen LogP contribution in [0.15, 0.2) is 0 Å². The van der Waals surface area contributed by atoms with E-state index in [9.17, 15) is 15.3 Å². The van der Waals surface area contributed by atoms with Gasteiger partial charge in [-0.1, -0.05) is 0 Å². The predicted molar refractivity (Wildman–Crippen MR) is 50.3 cm³/mol. The third kappa shape index (κ3) is 3.10. The van der Waals surface area contributed by atoms with Crippen LogP contribution in [0.1, 0.15) is 6.92 Å². The molecule has 0 amide bonds. The molecular weight excluding hydrogens is 204 g/mol. The second kappa shape index (κ2) is 5.74. The highest BCUT2D eigenvalue weighted by atomic mass is 16.6. The summed E-state index contributed by atoms with van der Waals surface area (Å²) in [5.41, 5.74) is 0. The van der Waals surface area contributed by atoms with Gasteiger partial charge < -0.3 is 29.9 Å². The lowest BCUT2D eigenvalue weighted by Crippen LogP contribution is -2.57. The molecular formula is C9H18O6. The lowest BCUT2D eigenvalue weighted by molar-refractivity contribution is -0.228. The summed E-state index contributed by atoms with van der Waals surface area (Å²) in [4.78, 5) is 0. The molecule has 6 nitrogen and oxygen atoms in total. The van der Waals surface area contributed by atoms with E-state index in [-0.39, 0.29) is 19.8 Å². The van der Waals surface area contributed by atoms with Gasteiger partial charge in [0.05, 0.1) is 25.9 Å². The smallest absolute Gasteiger partial charge is 0.111 e. The van der Waals surface area contributed by atoms with E-state index in [1.165, 1.54) is 0 Å². The predicted octanol–water partition coefficient (Wildman–Crippen LogP) is -2.13. The Labute approximate surface area is 88.1 Å². The minimum Gasteiger partial charge on any atom is -0.394 e. The number of aliphatic hydroxyl groups excluding tert-OH is 4. The molecule has 0 unspecified atom stereocenters. The molecule has 15 heavy (non-hydrogen) atoms. The molecule has 90 valence electrons. The largest absolute Gasteiger partial charge is 0.394 e. The summed E-state index contributed by atoms with van der Waals surface area (Å²) in [5, 5.41) is 36.9. The second-order valence-corrected chi connectivity index (χ2v) is 3.65. The fourth-order valence-corrected chi connectivity index (χ4v) is 1.54. The van der Waals surface area contributed by atoms with Gasteiger partial charge in [-0.2, -0.15) is 0 Å². The highest BCUT2D eigenvalue weighted by molar-refractivity contribution is 4.90. The molecule has 0 aliphatic carbocycles. The van der Waals surface area contributed by atoms with Gasteiger partial charge in [0.25, 0.3) is 0 Å². The Kier molecular flexibility index (Phi) is 4.91. The minimum atomic E-state index is -1.23. The zero-order valence-electron chi connectivity index (χ0n) is 8.61. The van der Waals surface area contributed by atoms with Gasteiger partial charge in [0, 0.05) is 0 Å². The first-order valence-electron chi connectivity index (χ1n) is 4.96. The van der Waals surface area contributed by atoms with Crippen molar-refractivity contribution in [2.75, 3.05) is 19.8 Å². The van der Waals surface area contributed by atoms with Gasteiger partial charge in [-0.25, -0.2) is 0 Å². The molecule has 0 aromatic rings. The van der Waals surface area contributed by atoms with Gasteiger partial charge in [0.15, 0.2) is 0 Å². The monoisotopic (exact) mass is 222 g/mol. The van der Waals surface area contributed by atoms with Gasteiger partial charge in [0.2, 0.25) is 0 Å². The maximum absolute atomic E-state index is 9.55. The van der Waals surface area contributed by atoms with Gasteiger partial charge in [-0.3, -0.25) is 0 Å². The van der Waals surface area contributed by atoms with Gasteiger partial charge in [0.1, 0.15) is 24.4 Å². The summed E-state index contributed by atoms with van der Waals surface area (Å²) >= 11 is 0. The first-order chi connectivity index (χ1) is 7.07. The van der Waals surface area contributed by atoms with Crippen molar-refractivity contribution in [3.05, 3.63) is 0 Å². The third-order valence-electron chi connectivity index (χ3n) is 2.47. The van der Waals surface area contributed by atoms with E-state index in [1.807, 2.05) is 0 Å². The number of hydrogen-bond acceptors (Lipinski definition) is 6. The highest BCUT2D eigenvalue weighted by Gasteiger charge is 2.41. The molecule has 4 N–H and O–H groups in total. The molecule has 1 heterocycles. The fraction of sp³-hybridized carbons (Fsp3) is 1.00. The summed E-state index contributed by atoms with van der Waals surface area (Å²) in [5.74, 6) is 0. The van der Waals surface area contributed by atoms with E-state index >= 15 is 0 Å². The van der Waals surface area contributed by atoms with Crippen LogP contribution in [-0.4, -0.2) is 70.8 Å². The molecule has 1 rings (SSSR count). The normalized spacial score (nSPS) is 41.8. The van der Waals surface area contributed by atoms with Crippen LogP contribution in [0.5, 0.6) is 0 Å². The Morgan fingerprint density at radius 3 is 2.40 bits per heavy atom. The Morgan fingerprint density at radius 1 is 1.13 bits per heavy atom. The molecule has 0 aromatic heterocycles. The summed E-state index contributed by atoms with van der Waals surface area (Å²) < 4.78 is 10.3. The summed E-state index contributed by atoms with van der Waals surface area (Å²) in [7, 11) is 0. The first kappa shape index (κ1) is 12.8. The number of ether oxygens (including phenoxy) is 2. The lowest BCUT2D eigenvalue weighted by Gasteiger charge is -2.39. The molecule has 0 saturated carbocycles. The molecule has 0 aromatic carbocycles. The number of aliphatic hydroxyl groups is 4. The fourth-order valence-electron chi connectivity index (χ4n) is 1.54. The zero-order chi connectivity index (χ0) is 11.4. The van der Waals surface area contributed by atoms with Crippen molar-refractivity contribution in [1.82, 2.24) is 0 Å². The SMILES string of the molecule is C[C@@H]1O[C@@H](COCCO)[C@H](O)[C@H](O)[C@H]1O. The molecule has 1 saturated heterocycles. The highest BCUT2D eigenvalue weighted by Crippen LogP contribution is 2.20. The van der Waals surface area contributed by atoms with Gasteiger partial charge in [-0.05, 0) is 6.92 Å². The number of hydrogen-bond donors (Lipinski definition) is 4. The van der Waals surface area contributed by atoms with Crippen molar-refractivity contribution in [1.29, 1.82) is 0 Å². The molecule has 1 aliphatic rings. The molecule has 6 heteroatoms. The van der Waals surface area contributed by atoms with E-state index in [4.69, 9.17) is 14.6 Å². The lowest BCUT2D eigenvalue weighted by atomic mass is 9.96. The average Bonchev–Trinajstić information content (AvgIpc) is 2.23. The molecule has 1 aliphatic heterocycles. The average molecular weight is 222 g/mol. The van der Waals surface area contributed by atoms with E-state index < -0.39 is 30.5 Å². The maximum Gasteiger partial charge on any atom is 0.111 e. The summed E-state index contributed by atoms with van der Waals surface area (Å²) in [6.07, 6.45) is -4.71. The van der Waals surface area contributed by atoms with Crippen molar-refractivity contribution in [2.45, 2.75) is 37.4 Å². The van der Waals surface area contributed by atoms with Crippen molar-refractivity contribution < 1.29 is 29.9 Å². The Bertz CT molecular complexity index is 187. The minimum absolute atomic E-state index is 0.0792. The van der Waals surface area contributed by atoms with E-state index in [1.54, 1.807) is 6.92 Å². The molecule has 5 atom stereocenters. The van der Waals surface area contributed by atoms with E-state index in [2.05, 4.69) is 0 Å². The molecule has 0 bridgehead atoms. The first-order valence-corrected chi connectivity index (χ1v) is 4.96. The van der Waals surface area contributed by atoms with Crippen LogP contribution in [0, 0.1) is 0 Å². The second-order valence-electron chi connectivity index (χ2n) is 3.65. The van der Waals surface area contributed by atoms with Crippen LogP contribution in [0.2, 0.25) is 0 Å². The van der Waals surface area contributed by atoms with Crippen molar-refractivity contribution in [3.8, 4) is 0 Å². The molecule has 1 fully saturated rings. The maximum atomic E-state index is 9.55. The van der Waals surface area contributed by atoms with Gasteiger partial charge in [-0.15, -0.1) is 0 Å². The van der Waals surface area contributed by atoms with E-state index in [0.717, 1.165) is 0 Å². The van der Waals surface area contributed by atoms with Crippen molar-refractivity contribution in [2.24, 2.45) is 0 Å². The standard InChI is InChI=1S/C9H18O6/c1-5-7(11)9(13)8(12)6(15-5)4-14-3-2-10/h5-13H,2-4H2,1H3/t5-,6-,7-,8-,9+/m0/s1. The third-order valence-corrected chi connectivity index (χ3v) is 2.47. The topological polar surface area (TPSA) is 99.4 Å². The van der Waals surface area contributed by atoms with Crippen LogP contribution in [0.3, 0.4) is 0 Å². The Balaban J connectivity index is 2.43. The Morgan fingerprint density at radius 2 is 1.80 bits per heavy atom. The Hall–Kier alpha value is -0.240. The summed E-state index contributed by atoms with van der Waals surface area (Å²) in [6, 6.07) is 0. The molecule has 0 spiro atoms. The van der Waals surface area contributed by atoms with Crippen LogP contribution in [0.25, 0.3) is 0 Å². The summed E-state index contributed by atoms with van der Waals surface area (Å²) in [6.45, 7) is 1.73. The molecule has 0 radical (unpaired) electrons. The van der Waals surface area contributed by atoms with Crippen LogP contribution < -0.4 is 0 Å². The van der Waals surface area contributed by atoms with Crippen LogP contribution in [-0.2, 0) is 9.47 Å². The zero-order valence-corrected chi connectivity index (χ0v) is 8.61. The van der Waals surface area contributed by atoms with Crippen LogP contribution >= 0.6 is 0 Å². The van der Waals surface area contributed by atoms with Crippen molar-refractivity contribution in [3.63, 3.8) is 0 Å². The number of rotatable bonds is 4. The van der Waals surface area contributed by atoms with Crippen LogP contribution in [0.4, 0.5) is 0 Å². The van der Waals surface area contributed by atoms with E-state index in [0.29, 0.717) is 0 Å².